The van der Waals surface area contributed by atoms with Gasteiger partial charge in [-0.05, 0) is 60.5 Å². The van der Waals surface area contributed by atoms with E-state index in [1.165, 1.54) is 29.5 Å². The van der Waals surface area contributed by atoms with Crippen molar-refractivity contribution in [1.29, 1.82) is 0 Å². The highest BCUT2D eigenvalue weighted by Crippen LogP contribution is 2.40. The average Bonchev–Trinajstić information content (AvgIpc) is 3.30. The Hall–Kier alpha value is -1.80. The summed E-state index contributed by atoms with van der Waals surface area (Å²) in [4.78, 5) is 0. The van der Waals surface area contributed by atoms with Gasteiger partial charge in [0.1, 0.15) is 5.75 Å². The third-order valence-corrected chi connectivity index (χ3v) is 3.86. The van der Waals surface area contributed by atoms with Crippen molar-refractivity contribution in [2.24, 2.45) is 0 Å². The van der Waals surface area contributed by atoms with E-state index in [1.807, 2.05) is 12.1 Å². The van der Waals surface area contributed by atoms with Crippen LogP contribution in [0.5, 0.6) is 5.75 Å². The van der Waals surface area contributed by atoms with Crippen LogP contribution < -0.4 is 5.32 Å². The minimum absolute atomic E-state index is 0.332. The zero-order valence-electron chi connectivity index (χ0n) is 11.7. The van der Waals surface area contributed by atoms with E-state index in [0.717, 1.165) is 25.4 Å². The van der Waals surface area contributed by atoms with Crippen molar-refractivity contribution in [2.75, 3.05) is 6.54 Å². The topological polar surface area (TPSA) is 32.3 Å². The van der Waals surface area contributed by atoms with Crippen molar-refractivity contribution in [3.8, 4) is 5.75 Å². The lowest BCUT2D eigenvalue weighted by Crippen LogP contribution is -2.16. The molecule has 1 saturated carbocycles. The molecule has 3 rings (SSSR count). The van der Waals surface area contributed by atoms with Crippen LogP contribution in [0, 0.1) is 0 Å². The molecule has 0 atom stereocenters. The largest absolute Gasteiger partial charge is 0.508 e. The van der Waals surface area contributed by atoms with Crippen LogP contribution in [-0.4, -0.2) is 11.7 Å². The Labute approximate surface area is 120 Å². The Morgan fingerprint density at radius 2 is 1.80 bits per heavy atom. The van der Waals surface area contributed by atoms with Crippen molar-refractivity contribution >= 4 is 0 Å². The number of phenolic OH excluding ortho intramolecular Hbond substituents is 1. The second kappa shape index (κ2) is 6.10. The summed E-state index contributed by atoms with van der Waals surface area (Å²) in [6.07, 6.45) is 3.71. The molecule has 2 aromatic carbocycles. The quantitative estimate of drug-likeness (QED) is 0.784. The fraction of sp³-hybridized carbons (Fsp3) is 0.333. The Morgan fingerprint density at radius 1 is 1.00 bits per heavy atom. The number of nitrogens with one attached hydrogen (secondary N) is 1. The van der Waals surface area contributed by atoms with Gasteiger partial charge < -0.3 is 10.4 Å². The maximum atomic E-state index is 9.24. The summed E-state index contributed by atoms with van der Waals surface area (Å²) in [7, 11) is 0. The summed E-state index contributed by atoms with van der Waals surface area (Å²) in [5.74, 6) is 1.16. The van der Waals surface area contributed by atoms with E-state index in [0.29, 0.717) is 5.75 Å². The minimum Gasteiger partial charge on any atom is -0.508 e. The molecule has 0 aliphatic heterocycles. The molecule has 1 fully saturated rings. The Morgan fingerprint density at radius 3 is 2.55 bits per heavy atom. The van der Waals surface area contributed by atoms with Crippen LogP contribution in [0.2, 0.25) is 0 Å². The average molecular weight is 267 g/mol. The van der Waals surface area contributed by atoms with Crippen LogP contribution in [0.25, 0.3) is 0 Å². The molecule has 0 radical (unpaired) electrons. The molecule has 2 nitrogen and oxygen atoms in total. The molecule has 2 heteroatoms. The lowest BCUT2D eigenvalue weighted by molar-refractivity contribution is 0.475. The van der Waals surface area contributed by atoms with E-state index in [9.17, 15) is 5.11 Å². The van der Waals surface area contributed by atoms with Gasteiger partial charge in [-0.25, -0.2) is 0 Å². The van der Waals surface area contributed by atoms with Crippen LogP contribution in [0.3, 0.4) is 0 Å². The Bertz CT molecular complexity index is 558. The first kappa shape index (κ1) is 13.2. The molecule has 104 valence electrons. The summed E-state index contributed by atoms with van der Waals surface area (Å²) < 4.78 is 0. The van der Waals surface area contributed by atoms with Gasteiger partial charge in [0.15, 0.2) is 0 Å². The van der Waals surface area contributed by atoms with Crippen molar-refractivity contribution < 1.29 is 5.11 Å². The fourth-order valence-electron chi connectivity index (χ4n) is 2.50. The van der Waals surface area contributed by atoms with Gasteiger partial charge in [0.2, 0.25) is 0 Å². The molecule has 0 bridgehead atoms. The van der Waals surface area contributed by atoms with E-state index in [4.69, 9.17) is 0 Å². The lowest BCUT2D eigenvalue weighted by Gasteiger charge is -2.07. The van der Waals surface area contributed by atoms with Crippen LogP contribution in [-0.2, 0) is 13.0 Å². The highest BCUT2D eigenvalue weighted by molar-refractivity contribution is 5.29. The summed E-state index contributed by atoms with van der Waals surface area (Å²) in [6.45, 7) is 1.89. The van der Waals surface area contributed by atoms with E-state index in [2.05, 4.69) is 29.6 Å². The molecule has 0 aromatic heterocycles. The van der Waals surface area contributed by atoms with Crippen LogP contribution >= 0.6 is 0 Å². The molecule has 2 aromatic rings. The SMILES string of the molecule is Oc1ccc(CCNCc2cccc(C3CC3)c2)cc1. The first-order valence-electron chi connectivity index (χ1n) is 7.39. The van der Waals surface area contributed by atoms with Gasteiger partial charge >= 0.3 is 0 Å². The third-order valence-electron chi connectivity index (χ3n) is 3.86. The van der Waals surface area contributed by atoms with Crippen molar-refractivity contribution in [3.63, 3.8) is 0 Å². The molecular weight excluding hydrogens is 246 g/mol. The molecule has 0 heterocycles. The monoisotopic (exact) mass is 267 g/mol. The molecule has 1 aliphatic carbocycles. The highest BCUT2D eigenvalue weighted by Gasteiger charge is 2.23. The number of hydrogen-bond acceptors (Lipinski definition) is 2. The van der Waals surface area contributed by atoms with Crippen molar-refractivity contribution in [1.82, 2.24) is 5.32 Å². The van der Waals surface area contributed by atoms with Crippen LogP contribution in [0.4, 0.5) is 0 Å². The van der Waals surface area contributed by atoms with Crippen molar-refractivity contribution in [3.05, 3.63) is 65.2 Å². The van der Waals surface area contributed by atoms with Gasteiger partial charge in [-0.15, -0.1) is 0 Å². The molecule has 2 N–H and O–H groups in total. The number of phenols is 1. The molecule has 0 spiro atoms. The first-order chi connectivity index (χ1) is 9.81. The maximum absolute atomic E-state index is 9.24. The van der Waals surface area contributed by atoms with Crippen LogP contribution in [0.1, 0.15) is 35.4 Å². The summed E-state index contributed by atoms with van der Waals surface area (Å²) in [5, 5.41) is 12.7. The van der Waals surface area contributed by atoms with Crippen molar-refractivity contribution in [2.45, 2.75) is 31.7 Å². The predicted molar refractivity (Wildman–Crippen MR) is 81.9 cm³/mol. The number of rotatable bonds is 6. The molecule has 0 saturated heterocycles. The predicted octanol–water partition coefficient (Wildman–Crippen LogP) is 3.60. The number of hydrogen-bond donors (Lipinski definition) is 2. The second-order valence-electron chi connectivity index (χ2n) is 5.61. The van der Waals surface area contributed by atoms with E-state index < -0.39 is 0 Å². The Balaban J connectivity index is 1.45. The standard InChI is InChI=1S/C18H21NO/c20-18-8-4-14(5-9-18)10-11-19-13-15-2-1-3-17(12-15)16-6-7-16/h1-5,8-9,12,16,19-20H,6-7,10-11,13H2. The van der Waals surface area contributed by atoms with Crippen LogP contribution in [0.15, 0.2) is 48.5 Å². The van der Waals surface area contributed by atoms with Gasteiger partial charge in [0.05, 0.1) is 0 Å². The summed E-state index contributed by atoms with van der Waals surface area (Å²) in [6, 6.07) is 16.4. The van der Waals surface area contributed by atoms with Gasteiger partial charge in [0.25, 0.3) is 0 Å². The minimum atomic E-state index is 0.332. The van der Waals surface area contributed by atoms with E-state index in [1.54, 1.807) is 12.1 Å². The number of benzene rings is 2. The van der Waals surface area contributed by atoms with E-state index in [-0.39, 0.29) is 0 Å². The van der Waals surface area contributed by atoms with Gasteiger partial charge in [0, 0.05) is 6.54 Å². The lowest BCUT2D eigenvalue weighted by atomic mass is 10.1. The van der Waals surface area contributed by atoms with E-state index >= 15 is 0 Å². The third kappa shape index (κ3) is 3.61. The second-order valence-corrected chi connectivity index (χ2v) is 5.61. The molecule has 0 amide bonds. The molecule has 1 aliphatic rings. The maximum Gasteiger partial charge on any atom is 0.115 e. The summed E-state index contributed by atoms with van der Waals surface area (Å²) in [5.41, 5.74) is 4.13. The molecular formula is C18H21NO. The highest BCUT2D eigenvalue weighted by atomic mass is 16.3. The summed E-state index contributed by atoms with van der Waals surface area (Å²) >= 11 is 0. The van der Waals surface area contributed by atoms with Gasteiger partial charge in [-0.3, -0.25) is 0 Å². The normalized spacial score (nSPS) is 14.4. The smallest absolute Gasteiger partial charge is 0.115 e. The first-order valence-corrected chi connectivity index (χ1v) is 7.39. The zero-order valence-corrected chi connectivity index (χ0v) is 11.7. The molecule has 0 unspecified atom stereocenters. The Kier molecular flexibility index (Phi) is 4.03. The van der Waals surface area contributed by atoms with Gasteiger partial charge in [-0.2, -0.15) is 0 Å². The fourth-order valence-corrected chi connectivity index (χ4v) is 2.50. The molecule has 20 heavy (non-hydrogen) atoms. The zero-order chi connectivity index (χ0) is 13.8. The van der Waals surface area contributed by atoms with Gasteiger partial charge in [-0.1, -0.05) is 36.4 Å². The number of aromatic hydroxyl groups is 1.